The first-order valence-corrected chi connectivity index (χ1v) is 8.20. The Morgan fingerprint density at radius 3 is 3.11 bits per heavy atom. The molecule has 2 aromatic rings. The van der Waals surface area contributed by atoms with Crippen molar-refractivity contribution in [2.75, 3.05) is 20.3 Å². The van der Waals surface area contributed by atoms with E-state index in [2.05, 4.69) is 49.6 Å². The van der Waals surface area contributed by atoms with E-state index in [9.17, 15) is 0 Å². The first kappa shape index (κ1) is 14.9. The number of hydrogen-bond acceptors (Lipinski definition) is 6. The van der Waals surface area contributed by atoms with Gasteiger partial charge < -0.3 is 10.1 Å². The molecule has 19 heavy (non-hydrogen) atoms. The molecular formula is C12H14BrN3OS2. The normalized spacial score (nSPS) is 10.8. The third kappa shape index (κ3) is 4.85. The highest BCUT2D eigenvalue weighted by Crippen LogP contribution is 2.33. The molecule has 0 radical (unpaired) electrons. The zero-order valence-corrected chi connectivity index (χ0v) is 13.6. The van der Waals surface area contributed by atoms with Crippen molar-refractivity contribution in [1.29, 1.82) is 0 Å². The smallest absolute Gasteiger partial charge is 0.178 e. The number of ether oxygens (including phenoxy) is 1. The maximum atomic E-state index is 5.02. The third-order valence-electron chi connectivity index (χ3n) is 2.36. The molecule has 2 rings (SSSR count). The summed E-state index contributed by atoms with van der Waals surface area (Å²) in [5, 5.41) is 11.3. The Hall–Kier alpha value is -0.470. The van der Waals surface area contributed by atoms with Gasteiger partial charge in [0.2, 0.25) is 0 Å². The van der Waals surface area contributed by atoms with Crippen molar-refractivity contribution < 1.29 is 4.74 Å². The van der Waals surface area contributed by atoms with Gasteiger partial charge in [-0.05, 0) is 17.7 Å². The van der Waals surface area contributed by atoms with E-state index < -0.39 is 0 Å². The van der Waals surface area contributed by atoms with Crippen molar-refractivity contribution in [1.82, 2.24) is 15.5 Å². The first-order valence-electron chi connectivity index (χ1n) is 5.71. The standard InChI is InChI=1S/C12H14BrN3OS2/c1-17-5-4-14-7-9-2-3-10(13)6-11(9)19-12-16-15-8-18-12/h2-3,6,8,14H,4-5,7H2,1H3. The van der Waals surface area contributed by atoms with E-state index >= 15 is 0 Å². The molecule has 0 unspecified atom stereocenters. The van der Waals surface area contributed by atoms with Gasteiger partial charge >= 0.3 is 0 Å². The van der Waals surface area contributed by atoms with E-state index in [0.717, 1.165) is 28.5 Å². The predicted molar refractivity (Wildman–Crippen MR) is 81.8 cm³/mol. The fourth-order valence-corrected chi connectivity index (χ4v) is 3.58. The van der Waals surface area contributed by atoms with E-state index in [4.69, 9.17) is 4.74 Å². The molecule has 1 heterocycles. The predicted octanol–water partition coefficient (Wildman–Crippen LogP) is 3.19. The Morgan fingerprint density at radius 1 is 1.47 bits per heavy atom. The number of aromatic nitrogens is 2. The highest BCUT2D eigenvalue weighted by Gasteiger charge is 2.07. The maximum Gasteiger partial charge on any atom is 0.178 e. The number of hydrogen-bond donors (Lipinski definition) is 1. The second-order valence-electron chi connectivity index (χ2n) is 3.73. The molecule has 0 atom stereocenters. The van der Waals surface area contributed by atoms with E-state index in [-0.39, 0.29) is 0 Å². The van der Waals surface area contributed by atoms with Crippen molar-refractivity contribution in [3.63, 3.8) is 0 Å². The van der Waals surface area contributed by atoms with Crippen LogP contribution in [0.4, 0.5) is 0 Å². The summed E-state index contributed by atoms with van der Waals surface area (Å²) in [6, 6.07) is 6.28. The van der Waals surface area contributed by atoms with Gasteiger partial charge in [0.15, 0.2) is 4.34 Å². The molecule has 1 N–H and O–H groups in total. The summed E-state index contributed by atoms with van der Waals surface area (Å²) in [7, 11) is 1.71. The lowest BCUT2D eigenvalue weighted by Gasteiger charge is -2.09. The molecule has 1 aromatic heterocycles. The quantitative estimate of drug-likeness (QED) is 0.769. The fraction of sp³-hybridized carbons (Fsp3) is 0.333. The number of halogens is 1. The van der Waals surface area contributed by atoms with E-state index in [1.807, 2.05) is 0 Å². The Kier molecular flexibility index (Phi) is 6.25. The molecule has 0 aliphatic rings. The van der Waals surface area contributed by atoms with Crippen molar-refractivity contribution in [2.24, 2.45) is 0 Å². The van der Waals surface area contributed by atoms with Crippen LogP contribution in [0.1, 0.15) is 5.56 Å². The van der Waals surface area contributed by atoms with Crippen LogP contribution >= 0.6 is 39.0 Å². The van der Waals surface area contributed by atoms with Crippen LogP contribution in [0.5, 0.6) is 0 Å². The lowest BCUT2D eigenvalue weighted by atomic mass is 10.2. The Labute approximate surface area is 129 Å². The van der Waals surface area contributed by atoms with Gasteiger partial charge in [0, 0.05) is 29.6 Å². The molecule has 0 bridgehead atoms. The molecule has 0 amide bonds. The van der Waals surface area contributed by atoms with Gasteiger partial charge in [0.05, 0.1) is 6.61 Å². The molecule has 0 aliphatic heterocycles. The molecule has 102 valence electrons. The minimum absolute atomic E-state index is 0.718. The third-order valence-corrected chi connectivity index (χ3v) is 4.74. The van der Waals surface area contributed by atoms with Crippen LogP contribution in [0.15, 0.2) is 37.4 Å². The minimum Gasteiger partial charge on any atom is -0.383 e. The fourth-order valence-electron chi connectivity index (χ4n) is 1.47. The maximum absolute atomic E-state index is 5.02. The summed E-state index contributed by atoms with van der Waals surface area (Å²) in [6.07, 6.45) is 0. The second-order valence-corrected chi connectivity index (χ2v) is 6.77. The Morgan fingerprint density at radius 2 is 2.37 bits per heavy atom. The summed E-state index contributed by atoms with van der Waals surface area (Å²) in [5.41, 5.74) is 3.00. The van der Waals surface area contributed by atoms with Crippen LogP contribution < -0.4 is 5.32 Å². The first-order chi connectivity index (χ1) is 9.29. The summed E-state index contributed by atoms with van der Waals surface area (Å²) in [6.45, 7) is 2.38. The van der Waals surface area contributed by atoms with Gasteiger partial charge in [-0.15, -0.1) is 10.2 Å². The highest BCUT2D eigenvalue weighted by atomic mass is 79.9. The summed E-state index contributed by atoms with van der Waals surface area (Å²) in [5.74, 6) is 0. The number of nitrogens with one attached hydrogen (secondary N) is 1. The summed E-state index contributed by atoms with van der Waals surface area (Å²) >= 11 is 6.70. The van der Waals surface area contributed by atoms with E-state index in [1.165, 1.54) is 10.5 Å². The zero-order valence-electron chi connectivity index (χ0n) is 10.4. The van der Waals surface area contributed by atoms with Crippen LogP contribution in [0.25, 0.3) is 0 Å². The van der Waals surface area contributed by atoms with Crippen LogP contribution in [-0.2, 0) is 11.3 Å². The Balaban J connectivity index is 2.04. The Bertz CT molecular complexity index is 508. The van der Waals surface area contributed by atoms with Gasteiger partial charge in [0.25, 0.3) is 0 Å². The van der Waals surface area contributed by atoms with Crippen LogP contribution in [0.2, 0.25) is 0 Å². The van der Waals surface area contributed by atoms with Crippen molar-refractivity contribution >= 4 is 39.0 Å². The lowest BCUT2D eigenvalue weighted by Crippen LogP contribution is -2.18. The molecule has 4 nitrogen and oxygen atoms in total. The van der Waals surface area contributed by atoms with E-state index in [0.29, 0.717) is 0 Å². The summed E-state index contributed by atoms with van der Waals surface area (Å²) < 4.78 is 7.05. The van der Waals surface area contributed by atoms with Crippen molar-refractivity contribution in [2.45, 2.75) is 15.8 Å². The van der Waals surface area contributed by atoms with Gasteiger partial charge in [-0.3, -0.25) is 0 Å². The average molecular weight is 360 g/mol. The zero-order chi connectivity index (χ0) is 13.5. The number of methoxy groups -OCH3 is 1. The van der Waals surface area contributed by atoms with Gasteiger partial charge in [-0.25, -0.2) is 0 Å². The highest BCUT2D eigenvalue weighted by molar-refractivity contribution is 9.10. The van der Waals surface area contributed by atoms with Gasteiger partial charge in [-0.2, -0.15) is 0 Å². The SMILES string of the molecule is COCCNCc1ccc(Br)cc1Sc1nncs1. The largest absolute Gasteiger partial charge is 0.383 e. The molecule has 7 heteroatoms. The second kappa shape index (κ2) is 7.96. The van der Waals surface area contributed by atoms with Gasteiger partial charge in [0.1, 0.15) is 5.51 Å². The molecule has 0 saturated carbocycles. The molecule has 0 spiro atoms. The average Bonchev–Trinajstić information content (AvgIpc) is 2.90. The molecule has 0 fully saturated rings. The molecule has 1 aromatic carbocycles. The van der Waals surface area contributed by atoms with Crippen LogP contribution in [-0.4, -0.2) is 30.5 Å². The monoisotopic (exact) mass is 359 g/mol. The van der Waals surface area contributed by atoms with Crippen LogP contribution in [0.3, 0.4) is 0 Å². The molecule has 0 saturated heterocycles. The lowest BCUT2D eigenvalue weighted by molar-refractivity contribution is 0.199. The number of nitrogens with zero attached hydrogens (tertiary/aromatic N) is 2. The topological polar surface area (TPSA) is 47.0 Å². The minimum atomic E-state index is 0.718. The number of rotatable bonds is 7. The van der Waals surface area contributed by atoms with E-state index in [1.54, 1.807) is 35.7 Å². The van der Waals surface area contributed by atoms with Crippen molar-refractivity contribution in [3.05, 3.63) is 33.7 Å². The van der Waals surface area contributed by atoms with Crippen molar-refractivity contribution in [3.8, 4) is 0 Å². The number of benzene rings is 1. The summed E-state index contributed by atoms with van der Waals surface area (Å²) in [4.78, 5) is 1.19. The van der Waals surface area contributed by atoms with Crippen LogP contribution in [0, 0.1) is 0 Å². The van der Waals surface area contributed by atoms with Gasteiger partial charge in [-0.1, -0.05) is 45.1 Å². The molecule has 0 aliphatic carbocycles. The molecular weight excluding hydrogens is 346 g/mol.